The van der Waals surface area contributed by atoms with Crippen molar-refractivity contribution in [3.63, 3.8) is 0 Å². The quantitative estimate of drug-likeness (QED) is 0.354. The van der Waals surface area contributed by atoms with Crippen LogP contribution in [0, 0.1) is 5.41 Å². The molecule has 1 unspecified atom stereocenters. The first-order valence-corrected chi connectivity index (χ1v) is 9.54. The van der Waals surface area contributed by atoms with Gasteiger partial charge in [-0.05, 0) is 57.5 Å². The molecule has 3 aromatic rings. The maximum absolute atomic E-state index is 7.57. The topological polar surface area (TPSA) is 61.9 Å². The molecule has 27 heavy (non-hydrogen) atoms. The molecule has 0 bridgehead atoms. The highest BCUT2D eigenvalue weighted by molar-refractivity contribution is 5.99. The maximum atomic E-state index is 7.57. The number of nitrogens with one attached hydrogen (secondary N) is 2. The summed E-state index contributed by atoms with van der Waals surface area (Å²) in [5.74, 6) is 0.715. The summed E-state index contributed by atoms with van der Waals surface area (Å²) in [6.07, 6.45) is 5.53. The molecular weight excluding hydrogens is 330 g/mol. The molecule has 0 aliphatic carbocycles. The van der Waals surface area contributed by atoms with E-state index >= 15 is 0 Å². The molecule has 0 radical (unpaired) electrons. The summed E-state index contributed by atoms with van der Waals surface area (Å²) in [4.78, 5) is 0. The van der Waals surface area contributed by atoms with Crippen molar-refractivity contribution in [3.8, 4) is 0 Å². The lowest BCUT2D eigenvalue weighted by molar-refractivity contribution is 0.530. The highest BCUT2D eigenvalue weighted by Gasteiger charge is 2.17. The van der Waals surface area contributed by atoms with Gasteiger partial charge in [-0.2, -0.15) is 0 Å². The molecule has 0 amide bonds. The van der Waals surface area contributed by atoms with Gasteiger partial charge < -0.3 is 11.1 Å². The van der Waals surface area contributed by atoms with Crippen molar-refractivity contribution in [1.82, 2.24) is 5.32 Å². The summed E-state index contributed by atoms with van der Waals surface area (Å²) in [6.45, 7) is 4.31. The van der Waals surface area contributed by atoms with Crippen LogP contribution in [0.25, 0.3) is 22.9 Å². The van der Waals surface area contributed by atoms with Crippen LogP contribution in [0.4, 0.5) is 0 Å². The molecule has 3 nitrogen and oxygen atoms in total. The lowest BCUT2D eigenvalue weighted by Gasteiger charge is -2.25. The first-order valence-electron chi connectivity index (χ1n) is 9.54. The van der Waals surface area contributed by atoms with E-state index in [9.17, 15) is 0 Å². The summed E-state index contributed by atoms with van der Waals surface area (Å²) in [6, 6.07) is 19.1. The Labute approximate surface area is 160 Å². The minimum absolute atomic E-state index is 0.105. The Kier molecular flexibility index (Phi) is 4.78. The van der Waals surface area contributed by atoms with Crippen LogP contribution in [0.1, 0.15) is 47.1 Å². The van der Waals surface area contributed by atoms with E-state index in [1.165, 1.54) is 28.7 Å². The van der Waals surface area contributed by atoms with Gasteiger partial charge >= 0.3 is 0 Å². The second-order valence-electron chi connectivity index (χ2n) is 7.26. The van der Waals surface area contributed by atoms with E-state index in [0.29, 0.717) is 5.92 Å². The van der Waals surface area contributed by atoms with Crippen molar-refractivity contribution < 1.29 is 0 Å². The van der Waals surface area contributed by atoms with Crippen molar-refractivity contribution in [2.45, 2.75) is 25.8 Å². The first-order chi connectivity index (χ1) is 13.1. The molecular formula is C24H25N3. The predicted octanol–water partition coefficient (Wildman–Crippen LogP) is 4.89. The molecule has 3 heteroatoms. The van der Waals surface area contributed by atoms with Crippen LogP contribution in [0.15, 0.2) is 54.6 Å². The Bertz CT molecular complexity index is 1030. The van der Waals surface area contributed by atoms with E-state index in [-0.39, 0.29) is 5.84 Å². The van der Waals surface area contributed by atoms with Crippen molar-refractivity contribution >= 4 is 28.8 Å². The number of hydrogen-bond donors (Lipinski definition) is 3. The minimum atomic E-state index is 0.105. The molecule has 0 spiro atoms. The molecule has 0 saturated carbocycles. The summed E-state index contributed by atoms with van der Waals surface area (Å²) in [5.41, 5.74) is 11.7. The number of nitrogens with two attached hydrogens (primary N) is 1. The van der Waals surface area contributed by atoms with Gasteiger partial charge in [0.05, 0.1) is 0 Å². The van der Waals surface area contributed by atoms with Gasteiger partial charge in [0.1, 0.15) is 5.84 Å². The Morgan fingerprint density at radius 1 is 1.04 bits per heavy atom. The van der Waals surface area contributed by atoms with Crippen LogP contribution in [-0.4, -0.2) is 12.4 Å². The van der Waals surface area contributed by atoms with Crippen molar-refractivity contribution in [1.29, 1.82) is 5.41 Å². The molecule has 0 saturated heterocycles. The number of fused-ring (bicyclic) bond motifs is 2. The van der Waals surface area contributed by atoms with Gasteiger partial charge in [-0.3, -0.25) is 5.41 Å². The number of rotatable bonds is 4. The fraction of sp³-hybridized carbons (Fsp3) is 0.208. The van der Waals surface area contributed by atoms with Gasteiger partial charge in [-0.25, -0.2) is 0 Å². The van der Waals surface area contributed by atoms with E-state index in [1.54, 1.807) is 0 Å². The molecule has 0 aromatic heterocycles. The number of amidine groups is 1. The zero-order valence-electron chi connectivity index (χ0n) is 15.6. The van der Waals surface area contributed by atoms with E-state index in [1.807, 2.05) is 18.2 Å². The van der Waals surface area contributed by atoms with Crippen molar-refractivity contribution in [2.24, 2.45) is 5.73 Å². The highest BCUT2D eigenvalue weighted by atomic mass is 14.9. The largest absolute Gasteiger partial charge is 0.384 e. The Hall–Kier alpha value is -2.91. The summed E-state index contributed by atoms with van der Waals surface area (Å²) >= 11 is 0. The zero-order chi connectivity index (χ0) is 18.8. The minimum Gasteiger partial charge on any atom is -0.384 e. The predicted molar refractivity (Wildman–Crippen MR) is 115 cm³/mol. The van der Waals surface area contributed by atoms with Gasteiger partial charge in [0, 0.05) is 18.7 Å². The van der Waals surface area contributed by atoms with Crippen LogP contribution in [0.3, 0.4) is 0 Å². The van der Waals surface area contributed by atoms with Crippen molar-refractivity contribution in [2.75, 3.05) is 6.54 Å². The normalized spacial score (nSPS) is 16.6. The van der Waals surface area contributed by atoms with Crippen LogP contribution in [0.2, 0.25) is 0 Å². The van der Waals surface area contributed by atoms with Crippen LogP contribution in [-0.2, 0) is 6.54 Å². The lowest BCUT2D eigenvalue weighted by Crippen LogP contribution is -2.27. The fourth-order valence-electron chi connectivity index (χ4n) is 3.84. The third-order valence-electron chi connectivity index (χ3n) is 5.45. The van der Waals surface area contributed by atoms with Gasteiger partial charge in [0.2, 0.25) is 0 Å². The summed E-state index contributed by atoms with van der Waals surface area (Å²) in [7, 11) is 0. The van der Waals surface area contributed by atoms with E-state index in [2.05, 4.69) is 60.8 Å². The lowest BCUT2D eigenvalue weighted by atomic mass is 9.87. The molecule has 1 atom stereocenters. The number of nitrogen functional groups attached to an aromatic ring is 1. The average Bonchev–Trinajstić information content (AvgIpc) is 2.71. The molecule has 1 heterocycles. The van der Waals surface area contributed by atoms with Crippen LogP contribution < -0.4 is 11.1 Å². The standard InChI is InChI=1S/C24H25N3/c1-2-18-14-27-15-22-8-6-17(12-23(18)22)4-3-16-5-7-20-13-21(24(25)26)10-9-19(20)11-16/h3-13,18,27H,2,14-15H2,1H3,(H3,25,26)/b4-3+. The van der Waals surface area contributed by atoms with Gasteiger partial charge in [-0.15, -0.1) is 0 Å². The SMILES string of the molecule is CCC1CNCc2ccc(/C=C/c3ccc4cc(C(=N)N)ccc4c3)cc21. The second-order valence-corrected chi connectivity index (χ2v) is 7.26. The summed E-state index contributed by atoms with van der Waals surface area (Å²) < 4.78 is 0. The first kappa shape index (κ1) is 17.5. The van der Waals surface area contributed by atoms with Gasteiger partial charge in [-0.1, -0.05) is 61.5 Å². The Morgan fingerprint density at radius 3 is 2.52 bits per heavy atom. The average molecular weight is 355 g/mol. The molecule has 0 fully saturated rings. The van der Waals surface area contributed by atoms with E-state index in [4.69, 9.17) is 11.1 Å². The molecule has 3 aromatic carbocycles. The van der Waals surface area contributed by atoms with Crippen LogP contribution >= 0.6 is 0 Å². The van der Waals surface area contributed by atoms with Gasteiger partial charge in [0.15, 0.2) is 0 Å². The monoisotopic (exact) mass is 355 g/mol. The maximum Gasteiger partial charge on any atom is 0.122 e. The number of benzene rings is 3. The van der Waals surface area contributed by atoms with Crippen molar-refractivity contribution in [3.05, 3.63) is 82.4 Å². The number of hydrogen-bond acceptors (Lipinski definition) is 2. The van der Waals surface area contributed by atoms with Gasteiger partial charge in [0.25, 0.3) is 0 Å². The Balaban J connectivity index is 1.61. The third kappa shape index (κ3) is 3.64. The zero-order valence-corrected chi connectivity index (χ0v) is 15.6. The fourth-order valence-corrected chi connectivity index (χ4v) is 3.84. The molecule has 4 N–H and O–H groups in total. The highest BCUT2D eigenvalue weighted by Crippen LogP contribution is 2.28. The third-order valence-corrected chi connectivity index (χ3v) is 5.45. The summed E-state index contributed by atoms with van der Waals surface area (Å²) in [5, 5.41) is 13.3. The molecule has 1 aliphatic rings. The molecule has 136 valence electrons. The second kappa shape index (κ2) is 7.37. The van der Waals surface area contributed by atoms with E-state index < -0.39 is 0 Å². The Morgan fingerprint density at radius 2 is 1.74 bits per heavy atom. The van der Waals surface area contributed by atoms with Crippen LogP contribution in [0.5, 0.6) is 0 Å². The van der Waals surface area contributed by atoms with E-state index in [0.717, 1.165) is 29.4 Å². The molecule has 4 rings (SSSR count). The smallest absolute Gasteiger partial charge is 0.122 e. The molecule has 1 aliphatic heterocycles.